The van der Waals surface area contributed by atoms with Crippen LogP contribution in [0.15, 0.2) is 24.3 Å². The first-order valence-corrected chi connectivity index (χ1v) is 10.0. The van der Waals surface area contributed by atoms with E-state index in [9.17, 15) is 27.2 Å². The van der Waals surface area contributed by atoms with Crippen LogP contribution in [0.3, 0.4) is 0 Å². The molecule has 0 bridgehead atoms. The number of aromatic nitrogens is 1. The molecule has 1 saturated heterocycles. The molecule has 3 N–H and O–H groups in total. The van der Waals surface area contributed by atoms with E-state index in [0.29, 0.717) is 12.5 Å². The Morgan fingerprint density at radius 1 is 1.16 bits per heavy atom. The van der Waals surface area contributed by atoms with Crippen LogP contribution in [0.5, 0.6) is 0 Å². The predicted octanol–water partition coefficient (Wildman–Crippen LogP) is 3.70. The van der Waals surface area contributed by atoms with Crippen molar-refractivity contribution >= 4 is 23.3 Å². The Morgan fingerprint density at radius 2 is 1.84 bits per heavy atom. The summed E-state index contributed by atoms with van der Waals surface area (Å²) in [4.78, 5) is 29.4. The normalized spacial score (nSPS) is 16.8. The number of urea groups is 1. The molecule has 1 saturated carbocycles. The van der Waals surface area contributed by atoms with Gasteiger partial charge in [-0.25, -0.2) is 9.78 Å². The predicted molar refractivity (Wildman–Crippen MR) is 109 cm³/mol. The second-order valence-electron chi connectivity index (χ2n) is 8.00. The van der Waals surface area contributed by atoms with Gasteiger partial charge in [-0.15, -0.1) is 0 Å². The Morgan fingerprint density at radius 3 is 2.41 bits per heavy atom. The van der Waals surface area contributed by atoms with E-state index in [1.54, 1.807) is 0 Å². The summed E-state index contributed by atoms with van der Waals surface area (Å²) in [6, 6.07) is 4.52. The number of nitrogens with two attached hydrogens (primary N) is 1. The number of nitrogens with zero attached hydrogens (tertiary/aromatic N) is 3. The van der Waals surface area contributed by atoms with E-state index in [4.69, 9.17) is 5.73 Å². The van der Waals surface area contributed by atoms with Gasteiger partial charge >= 0.3 is 12.2 Å². The number of carbonyl (C=O) groups excluding carboxylic acids is 2. The smallest absolute Gasteiger partial charge is 0.397 e. The maximum atomic E-state index is 14.8. The van der Waals surface area contributed by atoms with Crippen molar-refractivity contribution in [2.24, 2.45) is 5.92 Å². The Kier molecular flexibility index (Phi) is 5.43. The largest absolute Gasteiger partial charge is 0.419 e. The molecule has 1 aliphatic carbocycles. The second-order valence-corrected chi connectivity index (χ2v) is 8.00. The van der Waals surface area contributed by atoms with Crippen LogP contribution in [0.4, 0.5) is 33.7 Å². The fourth-order valence-electron chi connectivity index (χ4n) is 3.62. The van der Waals surface area contributed by atoms with Crippen molar-refractivity contribution in [2.75, 3.05) is 31.2 Å². The number of likely N-dealkylation sites (N-methyl/N-ethyl adjacent to an activating group) is 1. The van der Waals surface area contributed by atoms with Gasteiger partial charge in [0.15, 0.2) is 0 Å². The molecule has 1 aliphatic heterocycles. The highest BCUT2D eigenvalue weighted by Crippen LogP contribution is 2.44. The molecule has 1 aromatic heterocycles. The van der Waals surface area contributed by atoms with Crippen molar-refractivity contribution in [3.63, 3.8) is 0 Å². The van der Waals surface area contributed by atoms with Crippen molar-refractivity contribution < 1.29 is 27.2 Å². The third kappa shape index (κ3) is 4.19. The maximum Gasteiger partial charge on any atom is 0.419 e. The lowest BCUT2D eigenvalue weighted by molar-refractivity contribution is -0.136. The van der Waals surface area contributed by atoms with E-state index in [1.165, 1.54) is 36.2 Å². The number of amides is 3. The van der Waals surface area contributed by atoms with Crippen molar-refractivity contribution in [3.05, 3.63) is 41.5 Å². The van der Waals surface area contributed by atoms with Crippen molar-refractivity contribution in [1.29, 1.82) is 0 Å². The molecule has 0 unspecified atom stereocenters. The summed E-state index contributed by atoms with van der Waals surface area (Å²) in [5.41, 5.74) is 3.69. The third-order valence-corrected chi connectivity index (χ3v) is 5.61. The summed E-state index contributed by atoms with van der Waals surface area (Å²) in [7, 11) is 1.33. The quantitative estimate of drug-likeness (QED) is 0.303. The summed E-state index contributed by atoms with van der Waals surface area (Å²) in [6.07, 6.45) is -2.77. The fraction of sp³-hybridized carbons (Fsp3) is 0.381. The maximum absolute atomic E-state index is 14.8. The van der Waals surface area contributed by atoms with Gasteiger partial charge in [0.1, 0.15) is 6.54 Å². The molecule has 0 spiro atoms. The number of benzene rings is 1. The highest BCUT2D eigenvalue weighted by Gasteiger charge is 2.38. The molecule has 0 radical (unpaired) electrons. The summed E-state index contributed by atoms with van der Waals surface area (Å²) in [5.74, 6) is -1.11. The molecular weight excluding hydrogens is 430 g/mol. The number of halogens is 4. The molecule has 2 aromatic rings. The minimum Gasteiger partial charge on any atom is -0.397 e. The van der Waals surface area contributed by atoms with Gasteiger partial charge < -0.3 is 16.0 Å². The molecule has 2 aliphatic rings. The molecule has 11 heteroatoms. The standard InChI is InChI=1S/C21H21F4N5O2/c1-29-16(31)10-30(20(29)32)9-12-4-5-14(19(22)28-12)13-6-7-15(27-8-11-2-3-11)18(26)17(13)21(23,24)25/h4-7,11,27H,2-3,8-10,26H2,1H3. The van der Waals surface area contributed by atoms with Crippen LogP contribution in [0.1, 0.15) is 24.1 Å². The van der Waals surface area contributed by atoms with Crippen molar-refractivity contribution in [2.45, 2.75) is 25.6 Å². The molecule has 2 heterocycles. The summed E-state index contributed by atoms with van der Waals surface area (Å²) in [5, 5.41) is 2.94. The lowest BCUT2D eigenvalue weighted by Gasteiger charge is -2.20. The molecule has 2 fully saturated rings. The monoisotopic (exact) mass is 451 g/mol. The average molecular weight is 451 g/mol. The van der Waals surface area contributed by atoms with E-state index >= 15 is 0 Å². The highest BCUT2D eigenvalue weighted by molar-refractivity contribution is 6.01. The van der Waals surface area contributed by atoms with E-state index in [2.05, 4.69) is 10.3 Å². The number of alkyl halides is 3. The summed E-state index contributed by atoms with van der Waals surface area (Å²) >= 11 is 0. The molecule has 4 rings (SSSR count). The van der Waals surface area contributed by atoms with E-state index in [-0.39, 0.29) is 30.0 Å². The molecule has 1 aromatic carbocycles. The average Bonchev–Trinajstić information content (AvgIpc) is 3.51. The first-order valence-electron chi connectivity index (χ1n) is 10.0. The van der Waals surface area contributed by atoms with Crippen LogP contribution in [-0.4, -0.2) is 46.9 Å². The van der Waals surface area contributed by atoms with Crippen molar-refractivity contribution in [3.8, 4) is 11.1 Å². The minimum absolute atomic E-state index is 0.104. The van der Waals surface area contributed by atoms with Gasteiger partial charge in [-0.2, -0.15) is 17.6 Å². The Balaban J connectivity index is 1.64. The molecule has 0 atom stereocenters. The first-order chi connectivity index (χ1) is 15.1. The van der Waals surface area contributed by atoms with Gasteiger partial charge in [0.2, 0.25) is 11.9 Å². The fourth-order valence-corrected chi connectivity index (χ4v) is 3.62. The van der Waals surface area contributed by atoms with Gasteiger partial charge in [0, 0.05) is 24.7 Å². The minimum atomic E-state index is -4.81. The van der Waals surface area contributed by atoms with Gasteiger partial charge in [-0.05, 0) is 37.0 Å². The number of anilines is 2. The third-order valence-electron chi connectivity index (χ3n) is 5.61. The molecule has 170 valence electrons. The molecule has 32 heavy (non-hydrogen) atoms. The number of hydrogen-bond donors (Lipinski definition) is 2. The Labute approximate surface area is 181 Å². The second kappa shape index (κ2) is 7.95. The van der Waals surface area contributed by atoms with E-state index < -0.39 is 40.9 Å². The molecule has 7 nitrogen and oxygen atoms in total. The summed E-state index contributed by atoms with van der Waals surface area (Å²) < 4.78 is 56.4. The van der Waals surface area contributed by atoms with Crippen LogP contribution in [0, 0.1) is 11.9 Å². The highest BCUT2D eigenvalue weighted by atomic mass is 19.4. The van der Waals surface area contributed by atoms with Gasteiger partial charge in [0.05, 0.1) is 29.2 Å². The van der Waals surface area contributed by atoms with Crippen LogP contribution in [0.25, 0.3) is 11.1 Å². The number of hydrogen-bond acceptors (Lipinski definition) is 5. The topological polar surface area (TPSA) is 91.6 Å². The SMILES string of the molecule is CN1C(=O)CN(Cc2ccc(-c3ccc(NCC4CC4)c(N)c3C(F)(F)F)c(F)n2)C1=O. The number of imide groups is 1. The first kappa shape index (κ1) is 21.8. The lowest BCUT2D eigenvalue weighted by atomic mass is 9.97. The zero-order valence-electron chi connectivity index (χ0n) is 17.2. The lowest BCUT2D eigenvalue weighted by Crippen LogP contribution is -2.29. The number of rotatable bonds is 6. The van der Waals surface area contributed by atoms with Gasteiger partial charge in [-0.3, -0.25) is 9.69 Å². The molecular formula is C21H21F4N5O2. The van der Waals surface area contributed by atoms with Crippen LogP contribution < -0.4 is 11.1 Å². The number of nitrogen functional groups attached to an aromatic ring is 1. The van der Waals surface area contributed by atoms with Gasteiger partial charge in [0.25, 0.3) is 0 Å². The number of nitrogens with one attached hydrogen (secondary N) is 1. The van der Waals surface area contributed by atoms with Crippen molar-refractivity contribution in [1.82, 2.24) is 14.8 Å². The molecule has 3 amide bonds. The number of carbonyl (C=O) groups is 2. The number of pyridine rings is 1. The van der Waals surface area contributed by atoms with Crippen LogP contribution >= 0.6 is 0 Å². The van der Waals surface area contributed by atoms with Crippen LogP contribution in [-0.2, 0) is 17.5 Å². The van der Waals surface area contributed by atoms with E-state index in [1.807, 2.05) is 0 Å². The zero-order chi connectivity index (χ0) is 23.2. The summed E-state index contributed by atoms with van der Waals surface area (Å²) in [6.45, 7) is 0.202. The van der Waals surface area contributed by atoms with Gasteiger partial charge in [-0.1, -0.05) is 6.07 Å². The van der Waals surface area contributed by atoms with Crippen LogP contribution in [0.2, 0.25) is 0 Å². The van der Waals surface area contributed by atoms with E-state index in [0.717, 1.165) is 17.7 Å². The Hall–Kier alpha value is -3.37. The zero-order valence-corrected chi connectivity index (χ0v) is 17.2. The Bertz CT molecular complexity index is 1080.